The van der Waals surface area contributed by atoms with Crippen LogP contribution in [0.15, 0.2) is 48.5 Å². The Kier molecular flexibility index (Phi) is 7.36. The predicted molar refractivity (Wildman–Crippen MR) is 106 cm³/mol. The highest BCUT2D eigenvalue weighted by atomic mass is 16.2. The molecule has 0 unspecified atom stereocenters. The molecular weight excluding hydrogens is 326 g/mol. The first-order valence-corrected chi connectivity index (χ1v) is 9.02. The van der Waals surface area contributed by atoms with Gasteiger partial charge in [0.2, 0.25) is 0 Å². The lowest BCUT2D eigenvalue weighted by Gasteiger charge is -2.18. The van der Waals surface area contributed by atoms with E-state index in [-0.39, 0.29) is 11.8 Å². The SMILES string of the molecule is CCN(CC)CCNC(=O)c1ccc(NC(=O)c2ccc(C)cc2)cc1. The third-order valence-corrected chi connectivity index (χ3v) is 4.33. The number of carbonyl (C=O) groups is 2. The number of hydrogen-bond acceptors (Lipinski definition) is 3. The molecule has 5 nitrogen and oxygen atoms in total. The molecule has 0 saturated carbocycles. The Labute approximate surface area is 155 Å². The fraction of sp³-hybridized carbons (Fsp3) is 0.333. The van der Waals surface area contributed by atoms with Gasteiger partial charge in [-0.3, -0.25) is 9.59 Å². The minimum absolute atomic E-state index is 0.103. The maximum absolute atomic E-state index is 12.2. The average molecular weight is 353 g/mol. The van der Waals surface area contributed by atoms with Crippen molar-refractivity contribution in [3.05, 3.63) is 65.2 Å². The first-order valence-electron chi connectivity index (χ1n) is 9.02. The second kappa shape index (κ2) is 9.73. The molecular formula is C21H27N3O2. The Hall–Kier alpha value is -2.66. The number of nitrogens with zero attached hydrogens (tertiary/aromatic N) is 1. The molecule has 2 N–H and O–H groups in total. The second-order valence-corrected chi connectivity index (χ2v) is 6.18. The monoisotopic (exact) mass is 353 g/mol. The molecule has 5 heteroatoms. The normalized spacial score (nSPS) is 10.6. The number of aryl methyl sites for hydroxylation is 1. The number of carbonyl (C=O) groups excluding carboxylic acids is 2. The van der Waals surface area contributed by atoms with Crippen LogP contribution >= 0.6 is 0 Å². The number of likely N-dealkylation sites (N-methyl/N-ethyl adjacent to an activating group) is 1. The number of anilines is 1. The van der Waals surface area contributed by atoms with E-state index in [1.165, 1.54) is 0 Å². The van der Waals surface area contributed by atoms with Gasteiger partial charge in [-0.15, -0.1) is 0 Å². The van der Waals surface area contributed by atoms with E-state index in [1.54, 1.807) is 36.4 Å². The Balaban J connectivity index is 1.88. The number of nitrogens with one attached hydrogen (secondary N) is 2. The molecule has 138 valence electrons. The van der Waals surface area contributed by atoms with Crippen LogP contribution in [0.4, 0.5) is 5.69 Å². The molecule has 0 atom stereocenters. The zero-order chi connectivity index (χ0) is 18.9. The Morgan fingerprint density at radius 2 is 1.38 bits per heavy atom. The topological polar surface area (TPSA) is 61.4 Å². The average Bonchev–Trinajstić information content (AvgIpc) is 2.66. The van der Waals surface area contributed by atoms with Crippen molar-refractivity contribution in [2.24, 2.45) is 0 Å². The first kappa shape index (κ1) is 19.7. The van der Waals surface area contributed by atoms with E-state index in [0.29, 0.717) is 23.4 Å². The van der Waals surface area contributed by atoms with Gasteiger partial charge in [0.05, 0.1) is 0 Å². The third kappa shape index (κ3) is 5.70. The lowest BCUT2D eigenvalue weighted by molar-refractivity contribution is 0.0948. The van der Waals surface area contributed by atoms with Crippen molar-refractivity contribution < 1.29 is 9.59 Å². The quantitative estimate of drug-likeness (QED) is 0.765. The highest BCUT2D eigenvalue weighted by Crippen LogP contribution is 2.12. The maximum atomic E-state index is 12.2. The molecule has 0 saturated heterocycles. The van der Waals surface area contributed by atoms with Crippen molar-refractivity contribution in [1.29, 1.82) is 0 Å². The summed E-state index contributed by atoms with van der Waals surface area (Å²) in [5, 5.41) is 5.76. The maximum Gasteiger partial charge on any atom is 0.255 e. The van der Waals surface area contributed by atoms with Crippen LogP contribution in [0.25, 0.3) is 0 Å². The molecule has 0 aromatic heterocycles. The standard InChI is InChI=1S/C21H27N3O2/c1-4-24(5-2)15-14-22-20(25)17-10-12-19(13-11-17)23-21(26)18-8-6-16(3)7-9-18/h6-13H,4-5,14-15H2,1-3H3,(H,22,25)(H,23,26). The molecule has 2 amide bonds. The van der Waals surface area contributed by atoms with Gasteiger partial charge in [-0.25, -0.2) is 0 Å². The van der Waals surface area contributed by atoms with E-state index in [0.717, 1.165) is 25.2 Å². The van der Waals surface area contributed by atoms with Gasteiger partial charge in [-0.05, 0) is 56.4 Å². The zero-order valence-corrected chi connectivity index (χ0v) is 15.7. The molecule has 0 spiro atoms. The fourth-order valence-electron chi connectivity index (χ4n) is 2.58. The molecule has 0 aliphatic rings. The minimum atomic E-state index is -0.165. The highest BCUT2D eigenvalue weighted by Gasteiger charge is 2.08. The van der Waals surface area contributed by atoms with Gasteiger partial charge in [0.15, 0.2) is 0 Å². The van der Waals surface area contributed by atoms with E-state index in [9.17, 15) is 9.59 Å². The molecule has 0 fully saturated rings. The van der Waals surface area contributed by atoms with E-state index in [1.807, 2.05) is 19.1 Å². The van der Waals surface area contributed by atoms with Gasteiger partial charge >= 0.3 is 0 Å². The lowest BCUT2D eigenvalue weighted by Crippen LogP contribution is -2.34. The summed E-state index contributed by atoms with van der Waals surface area (Å²) in [6, 6.07) is 14.3. The van der Waals surface area contributed by atoms with Crippen LogP contribution in [0.1, 0.15) is 40.1 Å². The van der Waals surface area contributed by atoms with Crippen molar-refractivity contribution in [2.75, 3.05) is 31.5 Å². The van der Waals surface area contributed by atoms with Crippen molar-refractivity contribution in [3.8, 4) is 0 Å². The van der Waals surface area contributed by atoms with E-state index < -0.39 is 0 Å². The van der Waals surface area contributed by atoms with E-state index in [4.69, 9.17) is 0 Å². The minimum Gasteiger partial charge on any atom is -0.351 e. The first-order chi connectivity index (χ1) is 12.5. The Morgan fingerprint density at radius 3 is 1.96 bits per heavy atom. The lowest BCUT2D eigenvalue weighted by atomic mass is 10.1. The van der Waals surface area contributed by atoms with Gasteiger partial charge in [0.25, 0.3) is 11.8 Å². The summed E-state index contributed by atoms with van der Waals surface area (Å²) in [5.74, 6) is -0.269. The number of rotatable bonds is 8. The summed E-state index contributed by atoms with van der Waals surface area (Å²) < 4.78 is 0. The molecule has 2 rings (SSSR count). The van der Waals surface area contributed by atoms with E-state index in [2.05, 4.69) is 29.4 Å². The summed E-state index contributed by atoms with van der Waals surface area (Å²) in [6.45, 7) is 9.59. The van der Waals surface area contributed by atoms with Gasteiger partial charge in [-0.2, -0.15) is 0 Å². The summed E-state index contributed by atoms with van der Waals surface area (Å²) in [7, 11) is 0. The summed E-state index contributed by atoms with van der Waals surface area (Å²) in [5.41, 5.74) is 2.96. The molecule has 0 aliphatic heterocycles. The van der Waals surface area contributed by atoms with Gasteiger partial charge in [-0.1, -0.05) is 31.5 Å². The van der Waals surface area contributed by atoms with Crippen molar-refractivity contribution in [1.82, 2.24) is 10.2 Å². The summed E-state index contributed by atoms with van der Waals surface area (Å²) >= 11 is 0. The Morgan fingerprint density at radius 1 is 0.846 bits per heavy atom. The van der Waals surface area contributed by atoms with Crippen molar-refractivity contribution in [3.63, 3.8) is 0 Å². The molecule has 2 aromatic rings. The van der Waals surface area contributed by atoms with Gasteiger partial charge < -0.3 is 15.5 Å². The zero-order valence-electron chi connectivity index (χ0n) is 15.7. The van der Waals surface area contributed by atoms with Crippen LogP contribution in [-0.2, 0) is 0 Å². The van der Waals surface area contributed by atoms with Crippen LogP contribution in [-0.4, -0.2) is 42.9 Å². The number of hydrogen-bond donors (Lipinski definition) is 2. The highest BCUT2D eigenvalue weighted by molar-refractivity contribution is 6.04. The van der Waals surface area contributed by atoms with Crippen molar-refractivity contribution >= 4 is 17.5 Å². The van der Waals surface area contributed by atoms with Crippen LogP contribution in [0.3, 0.4) is 0 Å². The van der Waals surface area contributed by atoms with Crippen LogP contribution in [0.5, 0.6) is 0 Å². The predicted octanol–water partition coefficient (Wildman–Crippen LogP) is 3.32. The molecule has 0 heterocycles. The fourth-order valence-corrected chi connectivity index (χ4v) is 2.58. The molecule has 26 heavy (non-hydrogen) atoms. The van der Waals surface area contributed by atoms with Crippen molar-refractivity contribution in [2.45, 2.75) is 20.8 Å². The molecule has 0 radical (unpaired) electrons. The smallest absolute Gasteiger partial charge is 0.255 e. The van der Waals surface area contributed by atoms with Crippen LogP contribution in [0.2, 0.25) is 0 Å². The Bertz CT molecular complexity index is 720. The van der Waals surface area contributed by atoms with Gasteiger partial charge in [0.1, 0.15) is 0 Å². The van der Waals surface area contributed by atoms with Gasteiger partial charge in [0, 0.05) is 29.9 Å². The summed E-state index contributed by atoms with van der Waals surface area (Å²) in [4.78, 5) is 26.6. The number of benzene rings is 2. The molecule has 0 bridgehead atoms. The number of amides is 2. The molecule has 2 aromatic carbocycles. The van der Waals surface area contributed by atoms with Crippen LogP contribution < -0.4 is 10.6 Å². The third-order valence-electron chi connectivity index (χ3n) is 4.33. The largest absolute Gasteiger partial charge is 0.351 e. The summed E-state index contributed by atoms with van der Waals surface area (Å²) in [6.07, 6.45) is 0. The second-order valence-electron chi connectivity index (χ2n) is 6.18. The van der Waals surface area contributed by atoms with E-state index >= 15 is 0 Å². The van der Waals surface area contributed by atoms with Crippen LogP contribution in [0, 0.1) is 6.92 Å². The molecule has 0 aliphatic carbocycles.